The highest BCUT2D eigenvalue weighted by Gasteiger charge is 2.08. The van der Waals surface area contributed by atoms with Crippen molar-refractivity contribution in [2.75, 3.05) is 0 Å². The lowest BCUT2D eigenvalue weighted by Gasteiger charge is -1.94. The highest BCUT2D eigenvalue weighted by molar-refractivity contribution is 9.10. The molecule has 0 aromatic carbocycles. The van der Waals surface area contributed by atoms with Crippen LogP contribution in [0.1, 0.15) is 0 Å². The van der Waals surface area contributed by atoms with Gasteiger partial charge >= 0.3 is 0 Å². The summed E-state index contributed by atoms with van der Waals surface area (Å²) in [6.07, 6.45) is 1.70. The van der Waals surface area contributed by atoms with Gasteiger partial charge in [0.15, 0.2) is 4.60 Å². The highest BCUT2D eigenvalue weighted by atomic mass is 79.9. The van der Waals surface area contributed by atoms with E-state index >= 15 is 0 Å². The molecule has 2 aliphatic heterocycles. The van der Waals surface area contributed by atoms with Gasteiger partial charge in [0.25, 0.3) is 0 Å². The first-order valence-corrected chi connectivity index (χ1v) is 3.48. The molecule has 0 spiro atoms. The molecule has 0 saturated heterocycles. The highest BCUT2D eigenvalue weighted by Crippen LogP contribution is 2.22. The van der Waals surface area contributed by atoms with Gasteiger partial charge in [-0.25, -0.2) is 0 Å². The number of nitrogens with zero attached hydrogens (tertiary/aromatic N) is 3. The Morgan fingerprint density at radius 3 is 3.20 bits per heavy atom. The SMILES string of the molecule is Brc1nn[nH]c2ccnc1-2. The molecule has 0 aromatic heterocycles. The molecular formula is C5H3BrN4. The van der Waals surface area contributed by atoms with E-state index in [0.29, 0.717) is 4.60 Å². The van der Waals surface area contributed by atoms with Crippen LogP contribution in [0.25, 0.3) is 11.4 Å². The van der Waals surface area contributed by atoms with E-state index in [0.717, 1.165) is 11.4 Å². The van der Waals surface area contributed by atoms with Gasteiger partial charge in [0.2, 0.25) is 0 Å². The van der Waals surface area contributed by atoms with E-state index in [1.54, 1.807) is 6.20 Å². The Labute approximate surface area is 65.1 Å². The van der Waals surface area contributed by atoms with Crippen LogP contribution in [-0.4, -0.2) is 20.4 Å². The number of aromatic nitrogens is 4. The summed E-state index contributed by atoms with van der Waals surface area (Å²) >= 11 is 3.22. The van der Waals surface area contributed by atoms with E-state index < -0.39 is 0 Å². The summed E-state index contributed by atoms with van der Waals surface area (Å²) in [7, 11) is 0. The van der Waals surface area contributed by atoms with Crippen molar-refractivity contribution in [1.82, 2.24) is 20.4 Å². The number of rotatable bonds is 0. The normalized spacial score (nSPS) is 10.5. The molecule has 0 fully saturated rings. The van der Waals surface area contributed by atoms with E-state index in [9.17, 15) is 0 Å². The van der Waals surface area contributed by atoms with Crippen molar-refractivity contribution in [3.05, 3.63) is 16.9 Å². The smallest absolute Gasteiger partial charge is 0.158 e. The van der Waals surface area contributed by atoms with E-state index in [1.165, 1.54) is 0 Å². The van der Waals surface area contributed by atoms with Crippen LogP contribution in [-0.2, 0) is 0 Å². The monoisotopic (exact) mass is 198 g/mol. The van der Waals surface area contributed by atoms with Crippen molar-refractivity contribution in [3.8, 4) is 11.4 Å². The Balaban J connectivity index is 2.80. The van der Waals surface area contributed by atoms with Gasteiger partial charge in [-0.3, -0.25) is 10.1 Å². The standard InChI is InChI=1S/C5H3BrN4/c6-5-4-3(1-2-7-4)8-10-9-5/h1-2H,(H,8,9). The lowest BCUT2D eigenvalue weighted by Crippen LogP contribution is -1.92. The second kappa shape index (κ2) is 2.02. The second-order valence-electron chi connectivity index (χ2n) is 1.81. The summed E-state index contributed by atoms with van der Waals surface area (Å²) in [5.74, 6) is 0. The van der Waals surface area contributed by atoms with Crippen LogP contribution in [0.5, 0.6) is 0 Å². The van der Waals surface area contributed by atoms with Gasteiger partial charge in [0, 0.05) is 6.20 Å². The largest absolute Gasteiger partial charge is 0.257 e. The molecule has 0 aromatic rings. The average molecular weight is 199 g/mol. The minimum atomic E-state index is 0.672. The molecule has 10 heavy (non-hydrogen) atoms. The van der Waals surface area contributed by atoms with Crippen LogP contribution in [0.4, 0.5) is 0 Å². The zero-order valence-electron chi connectivity index (χ0n) is 4.87. The van der Waals surface area contributed by atoms with Gasteiger partial charge in [0.05, 0.1) is 5.69 Å². The fraction of sp³-hybridized carbons (Fsp3) is 0. The molecule has 2 heterocycles. The van der Waals surface area contributed by atoms with Crippen molar-refractivity contribution in [3.63, 3.8) is 0 Å². The van der Waals surface area contributed by atoms with Crippen molar-refractivity contribution < 1.29 is 0 Å². The number of hydrogen-bond acceptors (Lipinski definition) is 3. The molecule has 1 N–H and O–H groups in total. The molecule has 50 valence electrons. The van der Waals surface area contributed by atoms with E-state index in [1.807, 2.05) is 6.07 Å². The fourth-order valence-corrected chi connectivity index (χ4v) is 1.15. The maximum atomic E-state index is 4.04. The maximum absolute atomic E-state index is 4.04. The Hall–Kier alpha value is -0.970. The van der Waals surface area contributed by atoms with Gasteiger partial charge in [0.1, 0.15) is 5.69 Å². The van der Waals surface area contributed by atoms with E-state index in [2.05, 4.69) is 36.3 Å². The van der Waals surface area contributed by atoms with E-state index in [-0.39, 0.29) is 0 Å². The molecule has 2 rings (SSSR count). The number of fused-ring (bicyclic) bond motifs is 1. The van der Waals surface area contributed by atoms with Gasteiger partial charge in [-0.15, -0.1) is 5.10 Å². The van der Waals surface area contributed by atoms with Gasteiger partial charge in [-0.1, -0.05) is 5.21 Å². The summed E-state index contributed by atoms with van der Waals surface area (Å²) < 4.78 is 0.672. The van der Waals surface area contributed by atoms with Crippen LogP contribution in [0, 0.1) is 0 Å². The minimum absolute atomic E-state index is 0.672. The fourth-order valence-electron chi connectivity index (χ4n) is 0.760. The molecule has 2 aliphatic rings. The maximum Gasteiger partial charge on any atom is 0.158 e. The van der Waals surface area contributed by atoms with Crippen LogP contribution in [0.3, 0.4) is 0 Å². The Kier molecular flexibility index (Phi) is 1.17. The number of aromatic amines is 1. The first kappa shape index (κ1) is 5.79. The zero-order chi connectivity index (χ0) is 6.97. The minimum Gasteiger partial charge on any atom is -0.257 e. The van der Waals surface area contributed by atoms with Crippen molar-refractivity contribution >= 4 is 15.9 Å². The lowest BCUT2D eigenvalue weighted by molar-refractivity contribution is 0.851. The van der Waals surface area contributed by atoms with Crippen molar-refractivity contribution in [2.45, 2.75) is 0 Å². The van der Waals surface area contributed by atoms with Crippen molar-refractivity contribution in [1.29, 1.82) is 0 Å². The summed E-state index contributed by atoms with van der Waals surface area (Å²) in [6.45, 7) is 0. The third-order valence-corrected chi connectivity index (χ3v) is 1.74. The topological polar surface area (TPSA) is 54.5 Å². The molecule has 0 aliphatic carbocycles. The molecule has 0 amide bonds. The molecule has 0 atom stereocenters. The van der Waals surface area contributed by atoms with Crippen LogP contribution in [0.15, 0.2) is 16.9 Å². The van der Waals surface area contributed by atoms with Crippen LogP contribution < -0.4 is 0 Å². The molecule has 0 bridgehead atoms. The third kappa shape index (κ3) is 0.706. The van der Waals surface area contributed by atoms with Crippen LogP contribution >= 0.6 is 15.9 Å². The first-order valence-electron chi connectivity index (χ1n) is 2.69. The molecule has 0 radical (unpaired) electrons. The summed E-state index contributed by atoms with van der Waals surface area (Å²) in [5.41, 5.74) is 1.71. The Morgan fingerprint density at radius 1 is 1.50 bits per heavy atom. The molecule has 0 saturated carbocycles. The second-order valence-corrected chi connectivity index (χ2v) is 2.56. The molecule has 0 unspecified atom stereocenters. The van der Waals surface area contributed by atoms with Crippen LogP contribution in [0.2, 0.25) is 0 Å². The molecular weight excluding hydrogens is 196 g/mol. The number of halogens is 1. The Bertz CT molecular complexity index is 318. The van der Waals surface area contributed by atoms with Gasteiger partial charge in [-0.05, 0) is 22.0 Å². The summed E-state index contributed by atoms with van der Waals surface area (Å²) in [6, 6.07) is 1.84. The quantitative estimate of drug-likeness (QED) is 0.690. The summed E-state index contributed by atoms with van der Waals surface area (Å²) in [4.78, 5) is 4.04. The zero-order valence-corrected chi connectivity index (χ0v) is 6.46. The third-order valence-electron chi connectivity index (χ3n) is 1.20. The first-order chi connectivity index (χ1) is 4.88. The predicted molar refractivity (Wildman–Crippen MR) is 38.5 cm³/mol. The van der Waals surface area contributed by atoms with Gasteiger partial charge < -0.3 is 0 Å². The predicted octanol–water partition coefficient (Wildman–Crippen LogP) is 1.07. The number of hydrogen-bond donors (Lipinski definition) is 1. The Morgan fingerprint density at radius 2 is 2.40 bits per heavy atom. The number of H-pyrrole nitrogens is 1. The number of nitrogens with one attached hydrogen (secondary N) is 1. The molecule has 5 heteroatoms. The molecule has 4 nitrogen and oxygen atoms in total. The summed E-state index contributed by atoms with van der Waals surface area (Å²) in [5, 5.41) is 10.1. The lowest BCUT2D eigenvalue weighted by atomic mass is 10.4. The van der Waals surface area contributed by atoms with Gasteiger partial charge in [-0.2, -0.15) is 0 Å². The van der Waals surface area contributed by atoms with E-state index in [4.69, 9.17) is 0 Å². The van der Waals surface area contributed by atoms with Crippen molar-refractivity contribution in [2.24, 2.45) is 0 Å². The average Bonchev–Trinajstić information content (AvgIpc) is 2.36.